The number of hydrogen-bond donors (Lipinski definition) is 1. The monoisotopic (exact) mass is 234 g/mol. The van der Waals surface area contributed by atoms with Crippen molar-refractivity contribution in [2.75, 3.05) is 0 Å². The molecule has 86 valence electrons. The van der Waals surface area contributed by atoms with Gasteiger partial charge in [0.1, 0.15) is 5.52 Å². The van der Waals surface area contributed by atoms with Crippen LogP contribution in [-0.2, 0) is 0 Å². The minimum Gasteiger partial charge on any atom is -0.443 e. The molecule has 0 unspecified atom stereocenters. The van der Waals surface area contributed by atoms with E-state index in [1.54, 1.807) is 0 Å². The Balaban J connectivity index is 2.00. The van der Waals surface area contributed by atoms with Crippen LogP contribution in [0.4, 0.5) is 0 Å². The number of H-pyrrole nitrogens is 1. The molecule has 0 aliphatic rings. The van der Waals surface area contributed by atoms with Crippen LogP contribution in [0.15, 0.2) is 59.5 Å². The predicted octanol–water partition coefficient (Wildman–Crippen LogP) is 3.98. The van der Waals surface area contributed by atoms with Crippen molar-refractivity contribution in [1.82, 2.24) is 9.97 Å². The molecule has 4 rings (SSSR count). The van der Waals surface area contributed by atoms with Gasteiger partial charge in [-0.25, -0.2) is 4.98 Å². The van der Waals surface area contributed by atoms with Crippen LogP contribution in [0, 0.1) is 0 Å². The molecular weight excluding hydrogens is 224 g/mol. The van der Waals surface area contributed by atoms with Gasteiger partial charge in [0, 0.05) is 22.7 Å². The zero-order valence-corrected chi connectivity index (χ0v) is 9.55. The van der Waals surface area contributed by atoms with Crippen LogP contribution in [0.3, 0.4) is 0 Å². The molecule has 0 aliphatic heterocycles. The molecule has 0 fully saturated rings. The van der Waals surface area contributed by atoms with Gasteiger partial charge in [-0.1, -0.05) is 24.3 Å². The Morgan fingerprint density at radius 3 is 3.00 bits per heavy atom. The van der Waals surface area contributed by atoms with Crippen molar-refractivity contribution in [3.05, 3.63) is 55.1 Å². The van der Waals surface area contributed by atoms with E-state index in [2.05, 4.69) is 34.2 Å². The summed E-state index contributed by atoms with van der Waals surface area (Å²) in [4.78, 5) is 7.48. The van der Waals surface area contributed by atoms with E-state index in [9.17, 15) is 0 Å². The second kappa shape index (κ2) is 3.47. The molecular formula is C15H10N2O. The molecule has 3 nitrogen and oxygen atoms in total. The molecule has 18 heavy (non-hydrogen) atoms. The number of rotatable bonds is 1. The van der Waals surface area contributed by atoms with Crippen LogP contribution in [0.1, 0.15) is 0 Å². The minimum absolute atomic E-state index is 0.818. The SMILES string of the molecule is c1ccc2c(-c3ccc4ocnc4c3)c[nH]c2c1. The number of aromatic amines is 1. The van der Waals surface area contributed by atoms with Crippen molar-refractivity contribution in [3.8, 4) is 11.1 Å². The van der Waals surface area contributed by atoms with Gasteiger partial charge < -0.3 is 9.40 Å². The van der Waals surface area contributed by atoms with Crippen LogP contribution < -0.4 is 0 Å². The standard InChI is InChI=1S/C15H10N2O/c1-2-4-13-11(3-1)12(8-16-13)10-5-6-15-14(7-10)17-9-18-15/h1-9,16H. The van der Waals surface area contributed by atoms with Crippen LogP contribution in [0.2, 0.25) is 0 Å². The van der Waals surface area contributed by atoms with E-state index in [4.69, 9.17) is 4.42 Å². The van der Waals surface area contributed by atoms with E-state index >= 15 is 0 Å². The fourth-order valence-electron chi connectivity index (χ4n) is 2.34. The molecule has 1 N–H and O–H groups in total. The summed E-state index contributed by atoms with van der Waals surface area (Å²) in [5, 5.41) is 1.22. The van der Waals surface area contributed by atoms with Crippen LogP contribution in [-0.4, -0.2) is 9.97 Å². The number of para-hydroxylation sites is 1. The highest BCUT2D eigenvalue weighted by atomic mass is 16.3. The summed E-state index contributed by atoms with van der Waals surface area (Å²) in [6.07, 6.45) is 3.51. The lowest BCUT2D eigenvalue weighted by molar-refractivity contribution is 0.602. The highest BCUT2D eigenvalue weighted by Gasteiger charge is 2.07. The van der Waals surface area contributed by atoms with Gasteiger partial charge in [0.25, 0.3) is 0 Å². The second-order valence-corrected chi connectivity index (χ2v) is 4.28. The Kier molecular flexibility index (Phi) is 1.83. The molecule has 0 radical (unpaired) electrons. The number of oxazole rings is 1. The lowest BCUT2D eigenvalue weighted by atomic mass is 10.0. The van der Waals surface area contributed by atoms with Crippen LogP contribution in [0.25, 0.3) is 33.1 Å². The molecule has 0 aliphatic carbocycles. The summed E-state index contributed by atoms with van der Waals surface area (Å²) in [6, 6.07) is 14.3. The molecule has 0 atom stereocenters. The normalized spacial score (nSPS) is 11.3. The summed E-state index contributed by atoms with van der Waals surface area (Å²) in [7, 11) is 0. The molecule has 0 spiro atoms. The minimum atomic E-state index is 0.818. The van der Waals surface area contributed by atoms with Gasteiger partial charge in [0.2, 0.25) is 0 Å². The lowest BCUT2D eigenvalue weighted by Gasteiger charge is -1.99. The van der Waals surface area contributed by atoms with E-state index < -0.39 is 0 Å². The maximum absolute atomic E-state index is 5.26. The average molecular weight is 234 g/mol. The predicted molar refractivity (Wildman–Crippen MR) is 71.3 cm³/mol. The van der Waals surface area contributed by atoms with Crippen molar-refractivity contribution in [1.29, 1.82) is 0 Å². The van der Waals surface area contributed by atoms with Crippen molar-refractivity contribution < 1.29 is 4.42 Å². The average Bonchev–Trinajstić information content (AvgIpc) is 3.04. The molecule has 3 heteroatoms. The Morgan fingerprint density at radius 1 is 1.06 bits per heavy atom. The Hall–Kier alpha value is -2.55. The quantitative estimate of drug-likeness (QED) is 0.541. The van der Waals surface area contributed by atoms with E-state index in [1.165, 1.54) is 17.3 Å². The molecule has 0 saturated carbocycles. The molecule has 0 bridgehead atoms. The number of benzene rings is 2. The summed E-state index contributed by atoms with van der Waals surface area (Å²) in [5.74, 6) is 0. The van der Waals surface area contributed by atoms with Crippen molar-refractivity contribution in [3.63, 3.8) is 0 Å². The molecule has 4 aromatic rings. The van der Waals surface area contributed by atoms with E-state index in [1.807, 2.05) is 24.4 Å². The van der Waals surface area contributed by atoms with Crippen LogP contribution in [0.5, 0.6) is 0 Å². The summed E-state index contributed by atoms with van der Waals surface area (Å²) in [6.45, 7) is 0. The summed E-state index contributed by atoms with van der Waals surface area (Å²) >= 11 is 0. The third kappa shape index (κ3) is 1.27. The highest BCUT2D eigenvalue weighted by molar-refractivity contribution is 5.97. The summed E-state index contributed by atoms with van der Waals surface area (Å²) in [5.41, 5.74) is 5.19. The first-order valence-corrected chi connectivity index (χ1v) is 5.81. The highest BCUT2D eigenvalue weighted by Crippen LogP contribution is 2.30. The Morgan fingerprint density at radius 2 is 2.00 bits per heavy atom. The Labute approximate surface area is 103 Å². The van der Waals surface area contributed by atoms with Gasteiger partial charge >= 0.3 is 0 Å². The number of nitrogens with one attached hydrogen (secondary N) is 1. The molecule has 2 aromatic heterocycles. The first-order valence-electron chi connectivity index (χ1n) is 5.81. The van der Waals surface area contributed by atoms with Crippen LogP contribution >= 0.6 is 0 Å². The third-order valence-corrected chi connectivity index (χ3v) is 3.23. The first-order chi connectivity index (χ1) is 8.92. The molecule has 0 saturated heterocycles. The van der Waals surface area contributed by atoms with E-state index in [0.29, 0.717) is 0 Å². The number of hydrogen-bond acceptors (Lipinski definition) is 2. The van der Waals surface area contributed by atoms with Gasteiger partial charge in [0.05, 0.1) is 0 Å². The largest absolute Gasteiger partial charge is 0.443 e. The molecule has 2 heterocycles. The topological polar surface area (TPSA) is 41.8 Å². The maximum Gasteiger partial charge on any atom is 0.181 e. The smallest absolute Gasteiger partial charge is 0.181 e. The number of aromatic nitrogens is 2. The van der Waals surface area contributed by atoms with Crippen molar-refractivity contribution in [2.24, 2.45) is 0 Å². The first kappa shape index (κ1) is 9.48. The second-order valence-electron chi connectivity index (χ2n) is 4.28. The fraction of sp³-hybridized carbons (Fsp3) is 0. The fourth-order valence-corrected chi connectivity index (χ4v) is 2.34. The lowest BCUT2D eigenvalue weighted by Crippen LogP contribution is -1.76. The van der Waals surface area contributed by atoms with Gasteiger partial charge in [-0.3, -0.25) is 0 Å². The molecule has 0 amide bonds. The molecule has 2 aromatic carbocycles. The van der Waals surface area contributed by atoms with E-state index in [0.717, 1.165) is 22.2 Å². The zero-order chi connectivity index (χ0) is 11.9. The maximum atomic E-state index is 5.26. The summed E-state index contributed by atoms with van der Waals surface area (Å²) < 4.78 is 5.26. The van der Waals surface area contributed by atoms with Crippen molar-refractivity contribution >= 4 is 22.0 Å². The van der Waals surface area contributed by atoms with Gasteiger partial charge in [-0.05, 0) is 23.8 Å². The number of nitrogens with zero attached hydrogens (tertiary/aromatic N) is 1. The van der Waals surface area contributed by atoms with E-state index in [-0.39, 0.29) is 0 Å². The zero-order valence-electron chi connectivity index (χ0n) is 9.55. The van der Waals surface area contributed by atoms with Gasteiger partial charge in [-0.2, -0.15) is 0 Å². The van der Waals surface area contributed by atoms with Gasteiger partial charge in [-0.15, -0.1) is 0 Å². The Bertz CT molecular complexity index is 842. The van der Waals surface area contributed by atoms with Gasteiger partial charge in [0.15, 0.2) is 12.0 Å². The number of fused-ring (bicyclic) bond motifs is 2. The third-order valence-electron chi connectivity index (χ3n) is 3.23. The van der Waals surface area contributed by atoms with Crippen molar-refractivity contribution in [2.45, 2.75) is 0 Å².